The SMILES string of the molecule is CN1CCC(NS(=O)(=O)c2ccc(N)cc2C#N)C1=O. The maximum Gasteiger partial charge on any atom is 0.242 e. The number of sulfonamides is 1. The van der Waals surface area contributed by atoms with Gasteiger partial charge in [-0.15, -0.1) is 0 Å². The van der Waals surface area contributed by atoms with Crippen molar-refractivity contribution in [2.45, 2.75) is 17.4 Å². The number of carbonyl (C=O) groups excluding carboxylic acids is 1. The van der Waals surface area contributed by atoms with Gasteiger partial charge in [-0.3, -0.25) is 4.79 Å². The highest BCUT2D eigenvalue weighted by atomic mass is 32.2. The van der Waals surface area contributed by atoms with Crippen molar-refractivity contribution in [1.29, 1.82) is 5.26 Å². The second kappa shape index (κ2) is 5.11. The van der Waals surface area contributed by atoms with Crippen LogP contribution in [0.1, 0.15) is 12.0 Å². The van der Waals surface area contributed by atoms with Gasteiger partial charge < -0.3 is 10.6 Å². The highest BCUT2D eigenvalue weighted by Crippen LogP contribution is 2.20. The third kappa shape index (κ3) is 2.59. The summed E-state index contributed by atoms with van der Waals surface area (Å²) in [6.45, 7) is 0.499. The quantitative estimate of drug-likeness (QED) is 0.739. The van der Waals surface area contributed by atoms with Gasteiger partial charge >= 0.3 is 0 Å². The number of nitrogens with zero attached hydrogens (tertiary/aromatic N) is 2. The molecule has 1 aromatic rings. The zero-order chi connectivity index (χ0) is 14.9. The Morgan fingerprint density at radius 3 is 2.75 bits per heavy atom. The minimum Gasteiger partial charge on any atom is -0.399 e. The fourth-order valence-electron chi connectivity index (χ4n) is 2.05. The number of likely N-dealkylation sites (tertiary alicyclic amines) is 1. The van der Waals surface area contributed by atoms with Crippen LogP contribution in [0.5, 0.6) is 0 Å². The van der Waals surface area contributed by atoms with Crippen LogP contribution in [0, 0.1) is 11.3 Å². The fourth-order valence-corrected chi connectivity index (χ4v) is 3.41. The molecule has 1 atom stereocenters. The van der Waals surface area contributed by atoms with Crippen molar-refractivity contribution in [3.63, 3.8) is 0 Å². The number of nitrogen functional groups attached to an aromatic ring is 1. The first kappa shape index (κ1) is 14.3. The van der Waals surface area contributed by atoms with Crippen LogP contribution < -0.4 is 10.5 Å². The van der Waals surface area contributed by atoms with Crippen LogP contribution >= 0.6 is 0 Å². The molecule has 0 radical (unpaired) electrons. The lowest BCUT2D eigenvalue weighted by molar-refractivity contribution is -0.127. The number of rotatable bonds is 3. The Labute approximate surface area is 117 Å². The third-order valence-electron chi connectivity index (χ3n) is 3.14. The summed E-state index contributed by atoms with van der Waals surface area (Å²) in [6.07, 6.45) is 0.408. The number of carbonyl (C=O) groups is 1. The molecule has 1 heterocycles. The molecule has 0 aromatic heterocycles. The van der Waals surface area contributed by atoms with Crippen molar-refractivity contribution in [2.24, 2.45) is 0 Å². The summed E-state index contributed by atoms with van der Waals surface area (Å²) in [4.78, 5) is 13.0. The predicted octanol–water partition coefficient (Wildman–Crippen LogP) is -0.351. The van der Waals surface area contributed by atoms with Crippen LogP contribution in [-0.4, -0.2) is 38.9 Å². The monoisotopic (exact) mass is 294 g/mol. The lowest BCUT2D eigenvalue weighted by Crippen LogP contribution is -2.40. The van der Waals surface area contributed by atoms with Gasteiger partial charge in [-0.25, -0.2) is 8.42 Å². The molecule has 1 amide bonds. The summed E-state index contributed by atoms with van der Waals surface area (Å²) in [5.41, 5.74) is 5.78. The Morgan fingerprint density at radius 1 is 1.50 bits per heavy atom. The van der Waals surface area contributed by atoms with E-state index >= 15 is 0 Å². The summed E-state index contributed by atoms with van der Waals surface area (Å²) in [7, 11) is -2.32. The number of likely N-dealkylation sites (N-methyl/N-ethyl adjacent to an activating group) is 1. The first-order valence-electron chi connectivity index (χ1n) is 5.92. The second-order valence-electron chi connectivity index (χ2n) is 4.59. The molecule has 1 fully saturated rings. The smallest absolute Gasteiger partial charge is 0.242 e. The normalized spacial score (nSPS) is 19.1. The number of benzene rings is 1. The Bertz CT molecular complexity index is 693. The first-order valence-corrected chi connectivity index (χ1v) is 7.40. The van der Waals surface area contributed by atoms with Gasteiger partial charge in [0.15, 0.2) is 0 Å². The summed E-state index contributed by atoms with van der Waals surface area (Å²) < 4.78 is 26.9. The largest absolute Gasteiger partial charge is 0.399 e. The maximum atomic E-state index is 12.3. The Hall–Kier alpha value is -2.11. The fraction of sp³-hybridized carbons (Fsp3) is 0.333. The van der Waals surface area contributed by atoms with Gasteiger partial charge in [-0.05, 0) is 24.6 Å². The zero-order valence-electron chi connectivity index (χ0n) is 10.8. The van der Waals surface area contributed by atoms with E-state index < -0.39 is 16.1 Å². The number of hydrogen-bond donors (Lipinski definition) is 2. The number of nitrogens with two attached hydrogens (primary N) is 1. The van der Waals surface area contributed by atoms with Crippen molar-refractivity contribution in [1.82, 2.24) is 9.62 Å². The molecule has 1 saturated heterocycles. The molecule has 1 unspecified atom stereocenters. The van der Waals surface area contributed by atoms with Crippen molar-refractivity contribution in [3.05, 3.63) is 23.8 Å². The van der Waals surface area contributed by atoms with E-state index in [9.17, 15) is 13.2 Å². The molecule has 7 nitrogen and oxygen atoms in total. The number of anilines is 1. The van der Waals surface area contributed by atoms with Gasteiger partial charge in [0.05, 0.1) is 10.5 Å². The summed E-state index contributed by atoms with van der Waals surface area (Å²) in [5, 5.41) is 8.99. The number of nitrogens with one attached hydrogen (secondary N) is 1. The van der Waals surface area contributed by atoms with Crippen LogP contribution in [0.2, 0.25) is 0 Å². The van der Waals surface area contributed by atoms with Crippen molar-refractivity contribution >= 4 is 21.6 Å². The summed E-state index contributed by atoms with van der Waals surface area (Å²) in [6, 6.07) is 4.96. The topological polar surface area (TPSA) is 116 Å². The molecule has 3 N–H and O–H groups in total. The molecule has 0 spiro atoms. The van der Waals surface area contributed by atoms with Crippen molar-refractivity contribution in [3.8, 4) is 6.07 Å². The molecular weight excluding hydrogens is 280 g/mol. The molecular formula is C12H14N4O3S. The van der Waals surface area contributed by atoms with E-state index in [2.05, 4.69) is 4.72 Å². The van der Waals surface area contributed by atoms with Gasteiger partial charge in [-0.2, -0.15) is 9.98 Å². The lowest BCUT2D eigenvalue weighted by atomic mass is 10.2. The van der Waals surface area contributed by atoms with E-state index in [1.807, 2.05) is 0 Å². The Kier molecular flexibility index (Phi) is 3.65. The lowest BCUT2D eigenvalue weighted by Gasteiger charge is -2.13. The molecule has 8 heteroatoms. The van der Waals surface area contributed by atoms with E-state index in [0.29, 0.717) is 18.7 Å². The zero-order valence-corrected chi connectivity index (χ0v) is 11.6. The standard InChI is InChI=1S/C12H14N4O3S/c1-16-5-4-10(12(16)17)15-20(18,19)11-3-2-9(14)6-8(11)7-13/h2-3,6,10,15H,4-5,14H2,1H3. The maximum absolute atomic E-state index is 12.3. The molecule has 0 saturated carbocycles. The van der Waals surface area contributed by atoms with Crippen LogP contribution in [-0.2, 0) is 14.8 Å². The molecule has 1 aliphatic rings. The predicted molar refractivity (Wildman–Crippen MR) is 71.9 cm³/mol. The van der Waals surface area contributed by atoms with E-state index in [0.717, 1.165) is 0 Å². The van der Waals surface area contributed by atoms with Crippen molar-refractivity contribution in [2.75, 3.05) is 19.3 Å². The second-order valence-corrected chi connectivity index (χ2v) is 6.27. The van der Waals surface area contributed by atoms with Crippen molar-refractivity contribution < 1.29 is 13.2 Å². The van der Waals surface area contributed by atoms with Crippen LogP contribution in [0.4, 0.5) is 5.69 Å². The average molecular weight is 294 g/mol. The first-order chi connectivity index (χ1) is 9.35. The number of amides is 1. The highest BCUT2D eigenvalue weighted by Gasteiger charge is 2.33. The van der Waals surface area contributed by atoms with E-state index in [1.165, 1.54) is 23.1 Å². The molecule has 2 rings (SSSR count). The van der Waals surface area contributed by atoms with Crippen LogP contribution in [0.3, 0.4) is 0 Å². The Balaban J connectivity index is 2.32. The van der Waals surface area contributed by atoms with Gasteiger partial charge in [0.25, 0.3) is 0 Å². The van der Waals surface area contributed by atoms with E-state index in [-0.39, 0.29) is 16.4 Å². The molecule has 106 valence electrons. The number of hydrogen-bond acceptors (Lipinski definition) is 5. The molecule has 0 bridgehead atoms. The third-order valence-corrected chi connectivity index (χ3v) is 4.67. The molecule has 1 aromatic carbocycles. The van der Waals surface area contributed by atoms with Gasteiger partial charge in [0.1, 0.15) is 12.1 Å². The summed E-state index contributed by atoms with van der Waals surface area (Å²) >= 11 is 0. The highest BCUT2D eigenvalue weighted by molar-refractivity contribution is 7.89. The Morgan fingerprint density at radius 2 is 2.20 bits per heavy atom. The molecule has 1 aliphatic heterocycles. The minimum absolute atomic E-state index is 0.0451. The number of nitriles is 1. The van der Waals surface area contributed by atoms with Gasteiger partial charge in [0.2, 0.25) is 15.9 Å². The average Bonchev–Trinajstić information content (AvgIpc) is 2.69. The van der Waals surface area contributed by atoms with Crippen LogP contribution in [0.25, 0.3) is 0 Å². The minimum atomic E-state index is -3.94. The van der Waals surface area contributed by atoms with Gasteiger partial charge in [0, 0.05) is 19.3 Å². The van der Waals surface area contributed by atoms with Crippen LogP contribution in [0.15, 0.2) is 23.1 Å². The van der Waals surface area contributed by atoms with Gasteiger partial charge in [-0.1, -0.05) is 0 Å². The van der Waals surface area contributed by atoms with E-state index in [4.69, 9.17) is 11.0 Å². The molecule has 0 aliphatic carbocycles. The van der Waals surface area contributed by atoms with E-state index in [1.54, 1.807) is 13.1 Å². The summed E-state index contributed by atoms with van der Waals surface area (Å²) in [5.74, 6) is -0.275. The molecule has 20 heavy (non-hydrogen) atoms.